The van der Waals surface area contributed by atoms with Crippen LogP contribution >= 0.6 is 11.6 Å². The van der Waals surface area contributed by atoms with Crippen molar-refractivity contribution in [3.05, 3.63) is 64.7 Å². The van der Waals surface area contributed by atoms with Gasteiger partial charge in [0.2, 0.25) is 0 Å². The van der Waals surface area contributed by atoms with E-state index in [1.165, 1.54) is 0 Å². The van der Waals surface area contributed by atoms with Crippen molar-refractivity contribution in [1.29, 1.82) is 0 Å². The second-order valence-corrected chi connectivity index (χ2v) is 5.11. The van der Waals surface area contributed by atoms with Crippen LogP contribution < -0.4 is 5.32 Å². The van der Waals surface area contributed by atoms with Crippen molar-refractivity contribution < 1.29 is 4.79 Å². The average molecular weight is 287 g/mol. The lowest BCUT2D eigenvalue weighted by molar-refractivity contribution is 0.0695. The number of fused-ring (bicyclic) bond motifs is 1. The number of rotatable bonds is 2. The van der Waals surface area contributed by atoms with Gasteiger partial charge in [0.15, 0.2) is 0 Å². The number of para-hydroxylation sites is 1. The Hall–Kier alpha value is -2.00. The number of anilines is 1. The minimum atomic E-state index is -0.226. The van der Waals surface area contributed by atoms with Gasteiger partial charge >= 0.3 is 0 Å². The van der Waals surface area contributed by atoms with Crippen LogP contribution in [0.4, 0.5) is 5.69 Å². The minimum absolute atomic E-state index is 0.0340. The quantitative estimate of drug-likeness (QED) is 0.907. The van der Waals surface area contributed by atoms with E-state index in [0.717, 1.165) is 11.3 Å². The number of nitrogens with one attached hydrogen (secondary N) is 1. The number of halogens is 1. The Morgan fingerprint density at radius 2 is 1.85 bits per heavy atom. The van der Waals surface area contributed by atoms with Gasteiger partial charge in [-0.25, -0.2) is 0 Å². The Labute approximate surface area is 123 Å². The maximum Gasteiger partial charge on any atom is 0.257 e. The molecular formula is C16H15ClN2O. The first-order valence-corrected chi connectivity index (χ1v) is 7.01. The van der Waals surface area contributed by atoms with Crippen molar-refractivity contribution in [2.24, 2.45) is 0 Å². The van der Waals surface area contributed by atoms with Crippen molar-refractivity contribution in [1.82, 2.24) is 4.90 Å². The monoisotopic (exact) mass is 286 g/mol. The van der Waals surface area contributed by atoms with Crippen LogP contribution in [-0.4, -0.2) is 17.4 Å². The third-order valence-corrected chi connectivity index (χ3v) is 3.91. The summed E-state index contributed by atoms with van der Waals surface area (Å²) in [6.07, 6.45) is -0.226. The zero-order valence-corrected chi connectivity index (χ0v) is 11.9. The third kappa shape index (κ3) is 2.04. The van der Waals surface area contributed by atoms with Crippen LogP contribution in [0.15, 0.2) is 48.5 Å². The molecule has 1 amide bonds. The fraction of sp³-hybridized carbons (Fsp3) is 0.188. The van der Waals surface area contributed by atoms with Gasteiger partial charge in [0.25, 0.3) is 5.91 Å². The van der Waals surface area contributed by atoms with E-state index in [2.05, 4.69) is 5.32 Å². The molecule has 2 aromatic rings. The van der Waals surface area contributed by atoms with Crippen LogP contribution in [0, 0.1) is 0 Å². The number of amides is 1. The molecule has 1 aliphatic heterocycles. The predicted octanol–water partition coefficient (Wildman–Crippen LogP) is 3.93. The van der Waals surface area contributed by atoms with Crippen LogP contribution in [-0.2, 0) is 0 Å². The Balaban J connectivity index is 2.09. The fourth-order valence-electron chi connectivity index (χ4n) is 2.56. The maximum atomic E-state index is 12.6. The molecular weight excluding hydrogens is 272 g/mol. The third-order valence-electron chi connectivity index (χ3n) is 3.56. The van der Waals surface area contributed by atoms with Crippen LogP contribution in [0.3, 0.4) is 0 Å². The SMILES string of the molecule is CCN1C(=O)c2ccccc2NC1c1ccccc1Cl. The number of hydrogen-bond acceptors (Lipinski definition) is 2. The second kappa shape index (κ2) is 5.17. The Kier molecular flexibility index (Phi) is 3.36. The Morgan fingerprint density at radius 1 is 1.15 bits per heavy atom. The topological polar surface area (TPSA) is 32.3 Å². The highest BCUT2D eigenvalue weighted by Gasteiger charge is 2.32. The molecule has 1 aliphatic rings. The van der Waals surface area contributed by atoms with Crippen LogP contribution in [0.5, 0.6) is 0 Å². The summed E-state index contributed by atoms with van der Waals surface area (Å²) in [6, 6.07) is 15.2. The molecule has 0 saturated carbocycles. The molecule has 0 spiro atoms. The molecule has 0 radical (unpaired) electrons. The standard InChI is InChI=1S/C16H15ClN2O/c1-2-19-15(11-7-3-5-9-13(11)17)18-14-10-6-4-8-12(14)16(19)20/h3-10,15,18H,2H2,1H3. The Bertz CT molecular complexity index is 656. The normalized spacial score (nSPS) is 17.6. The molecule has 0 saturated heterocycles. The largest absolute Gasteiger partial charge is 0.361 e. The van der Waals surface area contributed by atoms with Crippen molar-refractivity contribution >= 4 is 23.2 Å². The van der Waals surface area contributed by atoms with Crippen LogP contribution in [0.1, 0.15) is 29.0 Å². The summed E-state index contributed by atoms with van der Waals surface area (Å²) in [7, 11) is 0. The van der Waals surface area contributed by atoms with Gasteiger partial charge in [-0.3, -0.25) is 4.79 Å². The first-order chi connectivity index (χ1) is 9.72. The predicted molar refractivity (Wildman–Crippen MR) is 81.0 cm³/mol. The van der Waals surface area contributed by atoms with E-state index in [9.17, 15) is 4.79 Å². The number of nitrogens with zero attached hydrogens (tertiary/aromatic N) is 1. The average Bonchev–Trinajstić information content (AvgIpc) is 2.48. The van der Waals surface area contributed by atoms with E-state index < -0.39 is 0 Å². The molecule has 0 fully saturated rings. The van der Waals surface area contributed by atoms with Crippen molar-refractivity contribution in [3.63, 3.8) is 0 Å². The lowest BCUT2D eigenvalue weighted by Crippen LogP contribution is -2.42. The molecule has 3 rings (SSSR count). The summed E-state index contributed by atoms with van der Waals surface area (Å²) in [5.41, 5.74) is 2.48. The number of carbonyl (C=O) groups is 1. The molecule has 0 bridgehead atoms. The van der Waals surface area contributed by atoms with Crippen LogP contribution in [0.25, 0.3) is 0 Å². The Morgan fingerprint density at radius 3 is 2.60 bits per heavy atom. The molecule has 1 heterocycles. The lowest BCUT2D eigenvalue weighted by Gasteiger charge is -2.37. The van der Waals surface area contributed by atoms with Crippen molar-refractivity contribution in [2.45, 2.75) is 13.1 Å². The zero-order valence-electron chi connectivity index (χ0n) is 11.1. The molecule has 4 heteroatoms. The van der Waals surface area contributed by atoms with Gasteiger partial charge in [-0.2, -0.15) is 0 Å². The first kappa shape index (κ1) is 13.0. The van der Waals surface area contributed by atoms with Gasteiger partial charge < -0.3 is 10.2 Å². The molecule has 1 unspecified atom stereocenters. The van der Waals surface area contributed by atoms with Gasteiger partial charge in [0.05, 0.1) is 5.56 Å². The molecule has 102 valence electrons. The lowest BCUT2D eigenvalue weighted by atomic mass is 10.0. The smallest absolute Gasteiger partial charge is 0.257 e. The molecule has 1 atom stereocenters. The van der Waals surface area contributed by atoms with Gasteiger partial charge in [-0.15, -0.1) is 0 Å². The summed E-state index contributed by atoms with van der Waals surface area (Å²) in [5, 5.41) is 4.07. The molecule has 2 aromatic carbocycles. The molecule has 3 nitrogen and oxygen atoms in total. The van der Waals surface area contributed by atoms with Gasteiger partial charge in [-0.1, -0.05) is 41.9 Å². The second-order valence-electron chi connectivity index (χ2n) is 4.71. The summed E-state index contributed by atoms with van der Waals surface area (Å²) in [5.74, 6) is 0.0340. The molecule has 0 aromatic heterocycles. The van der Waals surface area contributed by atoms with Crippen LogP contribution in [0.2, 0.25) is 5.02 Å². The number of carbonyl (C=O) groups excluding carboxylic acids is 1. The van der Waals surface area contributed by atoms with Crippen molar-refractivity contribution in [2.75, 3.05) is 11.9 Å². The van der Waals surface area contributed by atoms with E-state index in [0.29, 0.717) is 17.1 Å². The maximum absolute atomic E-state index is 12.6. The molecule has 0 aliphatic carbocycles. The van der Waals surface area contributed by atoms with Crippen molar-refractivity contribution in [3.8, 4) is 0 Å². The first-order valence-electron chi connectivity index (χ1n) is 6.63. The molecule has 20 heavy (non-hydrogen) atoms. The van der Waals surface area contributed by atoms with Gasteiger partial charge in [0, 0.05) is 22.8 Å². The van der Waals surface area contributed by atoms with E-state index >= 15 is 0 Å². The van der Waals surface area contributed by atoms with E-state index in [4.69, 9.17) is 11.6 Å². The zero-order chi connectivity index (χ0) is 14.1. The van der Waals surface area contributed by atoms with E-state index in [-0.39, 0.29) is 12.1 Å². The highest BCUT2D eigenvalue weighted by molar-refractivity contribution is 6.31. The van der Waals surface area contributed by atoms with E-state index in [1.54, 1.807) is 4.90 Å². The van der Waals surface area contributed by atoms with E-state index in [1.807, 2.05) is 55.5 Å². The van der Waals surface area contributed by atoms with Gasteiger partial charge in [-0.05, 0) is 25.1 Å². The summed E-state index contributed by atoms with van der Waals surface area (Å²) >= 11 is 6.28. The summed E-state index contributed by atoms with van der Waals surface area (Å²) < 4.78 is 0. The minimum Gasteiger partial charge on any atom is -0.361 e. The fourth-order valence-corrected chi connectivity index (χ4v) is 2.80. The number of benzene rings is 2. The molecule has 1 N–H and O–H groups in total. The highest BCUT2D eigenvalue weighted by atomic mass is 35.5. The summed E-state index contributed by atoms with van der Waals surface area (Å²) in [4.78, 5) is 14.4. The highest BCUT2D eigenvalue weighted by Crippen LogP contribution is 2.35. The summed E-state index contributed by atoms with van der Waals surface area (Å²) in [6.45, 7) is 2.59. The number of hydrogen-bond donors (Lipinski definition) is 1. The van der Waals surface area contributed by atoms with Gasteiger partial charge in [0.1, 0.15) is 6.17 Å².